The lowest BCUT2D eigenvalue weighted by Crippen LogP contribution is -2.34. The highest BCUT2D eigenvalue weighted by Gasteiger charge is 2.13. The highest BCUT2D eigenvalue weighted by Crippen LogP contribution is 2.11. The van der Waals surface area contributed by atoms with Crippen LogP contribution in [0.3, 0.4) is 0 Å². The zero-order valence-corrected chi connectivity index (χ0v) is 14.3. The summed E-state index contributed by atoms with van der Waals surface area (Å²) in [6.07, 6.45) is 5.11. The van der Waals surface area contributed by atoms with Crippen LogP contribution in [0.25, 0.3) is 0 Å². The number of nitrogens with one attached hydrogen (secondary N) is 3. The van der Waals surface area contributed by atoms with Crippen molar-refractivity contribution in [3.8, 4) is 0 Å². The van der Waals surface area contributed by atoms with E-state index < -0.39 is 0 Å². The molecule has 0 aromatic carbocycles. The smallest absolute Gasteiger partial charge is 0.244 e. The Morgan fingerprint density at radius 2 is 1.88 bits per heavy atom. The molecule has 3 heterocycles. The van der Waals surface area contributed by atoms with Gasteiger partial charge in [-0.2, -0.15) is 5.10 Å². The molecule has 1 atom stereocenters. The van der Waals surface area contributed by atoms with Crippen LogP contribution >= 0.6 is 0 Å². The second-order valence-electron chi connectivity index (χ2n) is 5.52. The zero-order chi connectivity index (χ0) is 18.2. The van der Waals surface area contributed by atoms with Crippen LogP contribution in [0, 0.1) is 0 Å². The maximum absolute atomic E-state index is 12.0. The van der Waals surface area contributed by atoms with E-state index in [1.54, 1.807) is 36.3 Å². The minimum Gasteiger partial charge on any atom is -0.367 e. The molecule has 3 aromatic rings. The molecular formula is C17H20N8O. The van der Waals surface area contributed by atoms with E-state index in [9.17, 15) is 4.79 Å². The minimum atomic E-state index is -0.346. The minimum absolute atomic E-state index is 0.0866. The van der Waals surface area contributed by atoms with Crippen molar-refractivity contribution >= 4 is 23.4 Å². The van der Waals surface area contributed by atoms with Gasteiger partial charge in [-0.15, -0.1) is 10.2 Å². The Labute approximate surface area is 150 Å². The quantitative estimate of drug-likeness (QED) is 0.528. The highest BCUT2D eigenvalue weighted by atomic mass is 16.2. The fourth-order valence-corrected chi connectivity index (χ4v) is 2.21. The number of carbonyl (C=O) groups excluding carboxylic acids is 1. The van der Waals surface area contributed by atoms with Crippen LogP contribution in [-0.4, -0.2) is 44.0 Å². The van der Waals surface area contributed by atoms with Gasteiger partial charge in [-0.05, 0) is 37.3 Å². The SMILES string of the molecule is C[C@@H](C(=O)NCCNc1ccc(Nc2ccccn2)nn1)n1cccn1. The van der Waals surface area contributed by atoms with Crippen molar-refractivity contribution in [2.24, 2.45) is 0 Å². The van der Waals surface area contributed by atoms with E-state index in [0.29, 0.717) is 30.5 Å². The molecule has 3 aromatic heterocycles. The summed E-state index contributed by atoms with van der Waals surface area (Å²) in [7, 11) is 0. The molecule has 0 radical (unpaired) electrons. The number of hydrogen-bond donors (Lipinski definition) is 3. The van der Waals surface area contributed by atoms with Gasteiger partial charge in [0.05, 0.1) is 0 Å². The molecular weight excluding hydrogens is 332 g/mol. The van der Waals surface area contributed by atoms with E-state index in [2.05, 4.69) is 36.2 Å². The summed E-state index contributed by atoms with van der Waals surface area (Å²) >= 11 is 0. The molecule has 0 fully saturated rings. The van der Waals surface area contributed by atoms with Crippen LogP contribution in [0.2, 0.25) is 0 Å². The van der Waals surface area contributed by atoms with Crippen LogP contribution in [0.1, 0.15) is 13.0 Å². The van der Waals surface area contributed by atoms with E-state index in [0.717, 1.165) is 0 Å². The number of anilines is 3. The number of nitrogens with zero attached hydrogens (tertiary/aromatic N) is 5. The molecule has 9 heteroatoms. The van der Waals surface area contributed by atoms with E-state index in [1.165, 1.54) is 0 Å². The Morgan fingerprint density at radius 3 is 2.58 bits per heavy atom. The molecule has 9 nitrogen and oxygen atoms in total. The molecule has 0 saturated heterocycles. The van der Waals surface area contributed by atoms with Gasteiger partial charge in [-0.25, -0.2) is 4.98 Å². The third-order valence-electron chi connectivity index (χ3n) is 3.62. The van der Waals surface area contributed by atoms with Gasteiger partial charge in [-0.3, -0.25) is 9.48 Å². The summed E-state index contributed by atoms with van der Waals surface area (Å²) in [5.74, 6) is 1.86. The molecule has 0 spiro atoms. The van der Waals surface area contributed by atoms with Crippen molar-refractivity contribution in [1.29, 1.82) is 0 Å². The van der Waals surface area contributed by atoms with Crippen LogP contribution in [0.5, 0.6) is 0 Å². The van der Waals surface area contributed by atoms with E-state index in [1.807, 2.05) is 30.3 Å². The fourth-order valence-electron chi connectivity index (χ4n) is 2.21. The van der Waals surface area contributed by atoms with Crippen LogP contribution in [0.4, 0.5) is 17.5 Å². The third-order valence-corrected chi connectivity index (χ3v) is 3.62. The molecule has 0 unspecified atom stereocenters. The molecule has 3 N–H and O–H groups in total. The molecule has 0 saturated carbocycles. The topological polar surface area (TPSA) is 110 Å². The Morgan fingerprint density at radius 1 is 1.04 bits per heavy atom. The molecule has 0 aliphatic rings. The summed E-state index contributed by atoms with van der Waals surface area (Å²) < 4.78 is 1.61. The molecule has 26 heavy (non-hydrogen) atoms. The van der Waals surface area contributed by atoms with Crippen LogP contribution in [-0.2, 0) is 4.79 Å². The van der Waals surface area contributed by atoms with E-state index in [4.69, 9.17) is 0 Å². The average Bonchev–Trinajstić information content (AvgIpc) is 3.21. The first-order valence-corrected chi connectivity index (χ1v) is 8.25. The summed E-state index contributed by atoms with van der Waals surface area (Å²) in [6.45, 7) is 2.81. The van der Waals surface area contributed by atoms with Crippen LogP contribution in [0.15, 0.2) is 55.0 Å². The number of amides is 1. The van der Waals surface area contributed by atoms with Gasteiger partial charge in [-0.1, -0.05) is 6.07 Å². The summed E-state index contributed by atoms with van der Waals surface area (Å²) in [5.41, 5.74) is 0. The van der Waals surface area contributed by atoms with Gasteiger partial charge in [0.15, 0.2) is 5.82 Å². The lowest BCUT2D eigenvalue weighted by atomic mass is 10.3. The predicted molar refractivity (Wildman–Crippen MR) is 98.0 cm³/mol. The maximum Gasteiger partial charge on any atom is 0.244 e. The molecule has 1 amide bonds. The van der Waals surface area contributed by atoms with Crippen molar-refractivity contribution in [3.63, 3.8) is 0 Å². The first kappa shape index (κ1) is 17.3. The van der Waals surface area contributed by atoms with Gasteiger partial charge < -0.3 is 16.0 Å². The van der Waals surface area contributed by atoms with E-state index in [-0.39, 0.29) is 11.9 Å². The van der Waals surface area contributed by atoms with Crippen molar-refractivity contribution in [2.75, 3.05) is 23.7 Å². The molecule has 0 aliphatic heterocycles. The summed E-state index contributed by atoms with van der Waals surface area (Å²) in [5, 5.41) is 21.3. The van der Waals surface area contributed by atoms with E-state index >= 15 is 0 Å². The highest BCUT2D eigenvalue weighted by molar-refractivity contribution is 5.79. The lowest BCUT2D eigenvalue weighted by Gasteiger charge is -2.13. The standard InChI is InChI=1S/C17H20N8O/c1-13(25-12-4-9-21-25)17(26)20-11-10-19-15-6-7-16(24-23-15)22-14-5-2-3-8-18-14/h2-9,12-13H,10-11H2,1H3,(H,19,23)(H,20,26)(H,18,22,24)/t13-/m0/s1. The van der Waals surface area contributed by atoms with Crippen molar-refractivity contribution < 1.29 is 4.79 Å². The number of carbonyl (C=O) groups is 1. The van der Waals surface area contributed by atoms with Gasteiger partial charge in [0.1, 0.15) is 17.7 Å². The zero-order valence-electron chi connectivity index (χ0n) is 14.3. The Balaban J connectivity index is 1.40. The molecule has 3 rings (SSSR count). The fraction of sp³-hybridized carbons (Fsp3) is 0.235. The normalized spacial score (nSPS) is 11.6. The molecule has 0 bridgehead atoms. The van der Waals surface area contributed by atoms with Gasteiger partial charge in [0.2, 0.25) is 5.91 Å². The second-order valence-corrected chi connectivity index (χ2v) is 5.52. The predicted octanol–water partition coefficient (Wildman–Crippen LogP) is 1.60. The third kappa shape index (κ3) is 4.76. The van der Waals surface area contributed by atoms with Crippen molar-refractivity contribution in [2.45, 2.75) is 13.0 Å². The van der Waals surface area contributed by atoms with Gasteiger partial charge in [0.25, 0.3) is 0 Å². The van der Waals surface area contributed by atoms with Crippen molar-refractivity contribution in [3.05, 3.63) is 55.0 Å². The average molecular weight is 352 g/mol. The van der Waals surface area contributed by atoms with Gasteiger partial charge in [0, 0.05) is 31.7 Å². The number of aromatic nitrogens is 5. The first-order chi connectivity index (χ1) is 12.7. The molecule has 134 valence electrons. The monoisotopic (exact) mass is 352 g/mol. The second kappa shape index (κ2) is 8.56. The lowest BCUT2D eigenvalue weighted by molar-refractivity contribution is -0.124. The Hall–Kier alpha value is -3.49. The van der Waals surface area contributed by atoms with Gasteiger partial charge >= 0.3 is 0 Å². The summed E-state index contributed by atoms with van der Waals surface area (Å²) in [6, 6.07) is 10.6. The van der Waals surface area contributed by atoms with Crippen molar-refractivity contribution in [1.82, 2.24) is 30.3 Å². The summed E-state index contributed by atoms with van der Waals surface area (Å²) in [4.78, 5) is 16.2. The van der Waals surface area contributed by atoms with Crippen LogP contribution < -0.4 is 16.0 Å². The number of pyridine rings is 1. The first-order valence-electron chi connectivity index (χ1n) is 8.25. The Bertz CT molecular complexity index is 805. The molecule has 0 aliphatic carbocycles. The maximum atomic E-state index is 12.0. The number of hydrogen-bond acceptors (Lipinski definition) is 7. The number of rotatable bonds is 8. The Kier molecular flexibility index (Phi) is 5.71. The largest absolute Gasteiger partial charge is 0.367 e.